The highest BCUT2D eigenvalue weighted by Gasteiger charge is 2.47. The molecule has 0 saturated carbocycles. The monoisotopic (exact) mass is 399 g/mol. The predicted octanol–water partition coefficient (Wildman–Crippen LogP) is 2.42. The number of likely N-dealkylation sites (tertiary alicyclic amines) is 1. The van der Waals surface area contributed by atoms with E-state index in [0.717, 1.165) is 11.3 Å². The van der Waals surface area contributed by atoms with E-state index in [0.29, 0.717) is 18.5 Å². The zero-order valence-electron chi connectivity index (χ0n) is 16.9. The number of esters is 1. The number of likely N-dealkylation sites (N-methyl/N-ethyl adjacent to an activating group) is 1. The molecule has 2 aromatic rings. The maximum atomic E-state index is 14.5. The van der Waals surface area contributed by atoms with Gasteiger partial charge < -0.3 is 10.1 Å². The summed E-state index contributed by atoms with van der Waals surface area (Å²) in [7, 11) is 3.04. The van der Waals surface area contributed by atoms with Gasteiger partial charge in [-0.15, -0.1) is 0 Å². The molecule has 0 spiro atoms. The van der Waals surface area contributed by atoms with Crippen LogP contribution in [0.25, 0.3) is 0 Å². The zero-order valence-corrected chi connectivity index (χ0v) is 16.9. The number of amides is 1. The van der Waals surface area contributed by atoms with Gasteiger partial charge in [0.2, 0.25) is 5.91 Å². The Balaban J connectivity index is 1.76. The Labute approximate surface area is 170 Å². The summed E-state index contributed by atoms with van der Waals surface area (Å²) in [6, 6.07) is 9.08. The third-order valence-electron chi connectivity index (χ3n) is 5.60. The van der Waals surface area contributed by atoms with Crippen molar-refractivity contribution in [3.05, 3.63) is 65.2 Å². The highest BCUT2D eigenvalue weighted by molar-refractivity contribution is 5.83. The summed E-state index contributed by atoms with van der Waals surface area (Å²) >= 11 is 0. The van der Waals surface area contributed by atoms with E-state index in [1.807, 2.05) is 19.1 Å². The number of hydrogen-bond donors (Lipinski definition) is 1. The average Bonchev–Trinajstić information content (AvgIpc) is 3.06. The number of rotatable bonds is 6. The molecule has 3 atom stereocenters. The number of benzene rings is 1. The lowest BCUT2D eigenvalue weighted by atomic mass is 9.92. The van der Waals surface area contributed by atoms with Crippen molar-refractivity contribution in [2.24, 2.45) is 5.92 Å². The van der Waals surface area contributed by atoms with Crippen LogP contribution in [0.3, 0.4) is 0 Å². The Morgan fingerprint density at radius 1 is 1.28 bits per heavy atom. The van der Waals surface area contributed by atoms with Crippen LogP contribution in [0.4, 0.5) is 4.39 Å². The Bertz CT molecular complexity index is 889. The number of halogens is 1. The largest absolute Gasteiger partial charge is 0.468 e. The summed E-state index contributed by atoms with van der Waals surface area (Å²) in [6.45, 7) is 2.40. The highest BCUT2D eigenvalue weighted by atomic mass is 19.1. The third-order valence-corrected chi connectivity index (χ3v) is 5.60. The minimum absolute atomic E-state index is 0.204. The van der Waals surface area contributed by atoms with Crippen LogP contribution in [0.1, 0.15) is 29.3 Å². The Kier molecular flexibility index (Phi) is 6.59. The number of carbonyl (C=O) groups excluding carboxylic acids is 2. The molecule has 0 bridgehead atoms. The molecule has 2 heterocycles. The van der Waals surface area contributed by atoms with Crippen LogP contribution in [-0.4, -0.2) is 48.5 Å². The molecule has 29 heavy (non-hydrogen) atoms. The number of methoxy groups -OCH3 is 1. The second kappa shape index (κ2) is 9.13. The van der Waals surface area contributed by atoms with Crippen molar-refractivity contribution in [3.8, 4) is 0 Å². The summed E-state index contributed by atoms with van der Waals surface area (Å²) in [5, 5.41) is 2.94. The molecule has 0 aliphatic carbocycles. The summed E-state index contributed by atoms with van der Waals surface area (Å²) in [4.78, 5) is 31.2. The first-order chi connectivity index (χ1) is 13.9. The molecule has 1 aliphatic heterocycles. The van der Waals surface area contributed by atoms with Crippen molar-refractivity contribution >= 4 is 11.9 Å². The van der Waals surface area contributed by atoms with Crippen LogP contribution in [-0.2, 0) is 20.7 Å². The highest BCUT2D eigenvalue weighted by Crippen LogP contribution is 2.41. The molecule has 154 valence electrons. The van der Waals surface area contributed by atoms with Gasteiger partial charge in [-0.05, 0) is 38.1 Å². The van der Waals surface area contributed by atoms with Gasteiger partial charge in [0.25, 0.3) is 0 Å². The van der Waals surface area contributed by atoms with Crippen LogP contribution < -0.4 is 5.32 Å². The second-order valence-corrected chi connectivity index (χ2v) is 7.32. The number of nitrogens with one attached hydrogen (secondary N) is 1. The molecule has 1 aliphatic rings. The zero-order chi connectivity index (χ0) is 21.0. The molecule has 1 saturated heterocycles. The van der Waals surface area contributed by atoms with Crippen LogP contribution in [0.2, 0.25) is 0 Å². The molecule has 7 heteroatoms. The minimum atomic E-state index is -0.599. The Morgan fingerprint density at radius 3 is 2.72 bits per heavy atom. The molecule has 6 nitrogen and oxygen atoms in total. The SMILES string of the molecule is COC(=O)[C@@H]1C[C@H](C(=O)NCCc2ncccc2C)[C@H](c2ccccc2F)N1C. The number of nitrogens with zero attached hydrogens (tertiary/aromatic N) is 2. The Morgan fingerprint density at radius 2 is 2.03 bits per heavy atom. The van der Waals surface area contributed by atoms with Crippen LogP contribution >= 0.6 is 0 Å². The van der Waals surface area contributed by atoms with Gasteiger partial charge in [0.1, 0.15) is 11.9 Å². The maximum Gasteiger partial charge on any atom is 0.323 e. The molecule has 0 unspecified atom stereocenters. The van der Waals surface area contributed by atoms with E-state index < -0.39 is 29.8 Å². The lowest BCUT2D eigenvalue weighted by Gasteiger charge is -2.27. The normalized spacial score (nSPS) is 21.7. The molecule has 1 aromatic heterocycles. The van der Waals surface area contributed by atoms with Gasteiger partial charge in [-0.25, -0.2) is 4.39 Å². The summed E-state index contributed by atoms with van der Waals surface area (Å²) in [6.07, 6.45) is 2.60. The van der Waals surface area contributed by atoms with Gasteiger partial charge in [-0.3, -0.25) is 19.5 Å². The topological polar surface area (TPSA) is 71.5 Å². The van der Waals surface area contributed by atoms with Crippen molar-refractivity contribution < 1.29 is 18.7 Å². The molecule has 1 amide bonds. The molecule has 1 aromatic carbocycles. The van der Waals surface area contributed by atoms with E-state index in [9.17, 15) is 14.0 Å². The van der Waals surface area contributed by atoms with Gasteiger partial charge in [0.05, 0.1) is 13.0 Å². The molecular formula is C22H26FN3O3. The number of aryl methyl sites for hydroxylation is 1. The molecule has 1 N–H and O–H groups in total. The lowest BCUT2D eigenvalue weighted by molar-refractivity contribution is -0.145. The van der Waals surface area contributed by atoms with Gasteiger partial charge in [0, 0.05) is 36.5 Å². The lowest BCUT2D eigenvalue weighted by Crippen LogP contribution is -2.37. The number of carbonyl (C=O) groups is 2. The first-order valence-corrected chi connectivity index (χ1v) is 9.66. The molecular weight excluding hydrogens is 373 g/mol. The van der Waals surface area contributed by atoms with Gasteiger partial charge in [0.15, 0.2) is 0 Å². The maximum absolute atomic E-state index is 14.5. The van der Waals surface area contributed by atoms with Crippen LogP contribution in [0.15, 0.2) is 42.6 Å². The standard InChI is InChI=1S/C22H26FN3O3/c1-14-7-6-11-24-18(14)10-12-25-21(27)16-13-19(22(28)29-3)26(2)20(16)15-8-4-5-9-17(15)23/h4-9,11,16,19-20H,10,12-13H2,1-3H3,(H,25,27)/t16-,19-,20-/m0/s1. The predicted molar refractivity (Wildman–Crippen MR) is 107 cm³/mol. The first-order valence-electron chi connectivity index (χ1n) is 9.66. The minimum Gasteiger partial charge on any atom is -0.468 e. The fraction of sp³-hybridized carbons (Fsp3) is 0.409. The van der Waals surface area contributed by atoms with E-state index in [4.69, 9.17) is 4.74 Å². The number of hydrogen-bond acceptors (Lipinski definition) is 5. The first kappa shape index (κ1) is 20.9. The van der Waals surface area contributed by atoms with Crippen LogP contribution in [0, 0.1) is 18.7 Å². The van der Waals surface area contributed by atoms with E-state index in [1.165, 1.54) is 13.2 Å². The van der Waals surface area contributed by atoms with Gasteiger partial charge >= 0.3 is 5.97 Å². The van der Waals surface area contributed by atoms with E-state index in [2.05, 4.69) is 10.3 Å². The summed E-state index contributed by atoms with van der Waals surface area (Å²) in [5.74, 6) is -1.58. The molecule has 3 rings (SSSR count). The van der Waals surface area contributed by atoms with Crippen molar-refractivity contribution in [2.45, 2.75) is 31.8 Å². The average molecular weight is 399 g/mol. The number of aromatic nitrogens is 1. The number of pyridine rings is 1. The van der Waals surface area contributed by atoms with Gasteiger partial charge in [-0.1, -0.05) is 24.3 Å². The second-order valence-electron chi connectivity index (χ2n) is 7.32. The van der Waals surface area contributed by atoms with Crippen molar-refractivity contribution in [1.82, 2.24) is 15.2 Å². The quantitative estimate of drug-likeness (QED) is 0.756. The fourth-order valence-electron chi connectivity index (χ4n) is 4.03. The Hall–Kier alpha value is -2.80. The van der Waals surface area contributed by atoms with Crippen molar-refractivity contribution in [1.29, 1.82) is 0 Å². The van der Waals surface area contributed by atoms with Crippen molar-refractivity contribution in [2.75, 3.05) is 20.7 Å². The van der Waals surface area contributed by atoms with E-state index in [1.54, 1.807) is 36.3 Å². The third kappa shape index (κ3) is 4.45. The smallest absolute Gasteiger partial charge is 0.323 e. The van der Waals surface area contributed by atoms with Crippen LogP contribution in [0.5, 0.6) is 0 Å². The van der Waals surface area contributed by atoms with Gasteiger partial charge in [-0.2, -0.15) is 0 Å². The molecule has 0 radical (unpaired) electrons. The molecule has 1 fully saturated rings. The number of ether oxygens (including phenoxy) is 1. The van der Waals surface area contributed by atoms with E-state index >= 15 is 0 Å². The summed E-state index contributed by atoms with van der Waals surface area (Å²) in [5.41, 5.74) is 2.40. The fourth-order valence-corrected chi connectivity index (χ4v) is 4.03. The van der Waals surface area contributed by atoms with Crippen molar-refractivity contribution in [3.63, 3.8) is 0 Å². The summed E-state index contributed by atoms with van der Waals surface area (Å²) < 4.78 is 19.4. The van der Waals surface area contributed by atoms with E-state index in [-0.39, 0.29) is 12.3 Å².